The van der Waals surface area contributed by atoms with Crippen molar-refractivity contribution in [3.63, 3.8) is 0 Å². The molecule has 1 aliphatic heterocycles. The van der Waals surface area contributed by atoms with Crippen molar-refractivity contribution in [2.45, 2.75) is 77.4 Å². The Labute approximate surface area is 262 Å². The van der Waals surface area contributed by atoms with Crippen LogP contribution in [0.4, 0.5) is 5.82 Å². The molecular formula is C30H43N6O8P. The molecule has 5 N–H and O–H groups in total. The van der Waals surface area contributed by atoms with Gasteiger partial charge in [-0.25, -0.2) is 14.1 Å². The number of hydrogen-bond acceptors (Lipinski definition) is 12. The lowest BCUT2D eigenvalue weighted by atomic mass is 9.92. The molecule has 1 saturated heterocycles. The van der Waals surface area contributed by atoms with Crippen molar-refractivity contribution in [2.24, 2.45) is 10.9 Å². The number of carbonyl (C=O) groups excluding carboxylic acids is 1. The van der Waals surface area contributed by atoms with Crippen molar-refractivity contribution in [1.29, 1.82) is 0 Å². The average Bonchev–Trinajstić information content (AvgIpc) is 3.55. The Kier molecular flexibility index (Phi) is 11.0. The fourth-order valence-electron chi connectivity index (χ4n) is 5.27. The zero-order valence-corrected chi connectivity index (χ0v) is 27.3. The number of benzene rings is 1. The molecule has 1 unspecified atom stereocenters. The lowest BCUT2D eigenvalue weighted by molar-refractivity contribution is -0.146. The molecule has 45 heavy (non-hydrogen) atoms. The molecule has 1 aliphatic rings. The van der Waals surface area contributed by atoms with Gasteiger partial charge in [-0.2, -0.15) is 10.2 Å². The van der Waals surface area contributed by atoms with Crippen LogP contribution in [0.5, 0.6) is 5.75 Å². The highest BCUT2D eigenvalue weighted by Gasteiger charge is 2.56. The van der Waals surface area contributed by atoms with Gasteiger partial charge in [0.2, 0.25) is 0 Å². The number of para-hydroxylation sites is 1. The van der Waals surface area contributed by atoms with Gasteiger partial charge in [0.25, 0.3) is 0 Å². The van der Waals surface area contributed by atoms with E-state index in [1.807, 2.05) is 19.9 Å². The maximum Gasteiger partial charge on any atom is 0.459 e. The highest BCUT2D eigenvalue weighted by Crippen LogP contribution is 2.48. The third kappa shape index (κ3) is 7.21. The number of anilines is 1. The number of rotatable bonds is 14. The van der Waals surface area contributed by atoms with Gasteiger partial charge in [0.15, 0.2) is 11.4 Å². The largest absolute Gasteiger partial charge is 0.464 e. The van der Waals surface area contributed by atoms with Gasteiger partial charge >= 0.3 is 13.7 Å². The molecule has 3 heterocycles. The number of fused-ring (bicyclic) bond motifs is 1. The molecule has 4 rings (SSSR count). The van der Waals surface area contributed by atoms with Gasteiger partial charge in [-0.3, -0.25) is 14.3 Å². The summed E-state index contributed by atoms with van der Waals surface area (Å²) in [6, 6.07) is 7.62. The van der Waals surface area contributed by atoms with Crippen LogP contribution >= 0.6 is 7.75 Å². The van der Waals surface area contributed by atoms with E-state index in [9.17, 15) is 19.6 Å². The average molecular weight is 647 g/mol. The third-order valence-electron chi connectivity index (χ3n) is 8.04. The maximum absolute atomic E-state index is 14.3. The van der Waals surface area contributed by atoms with Crippen LogP contribution in [0.3, 0.4) is 0 Å². The summed E-state index contributed by atoms with van der Waals surface area (Å²) in [5.74, 6) is 0.0946. The van der Waals surface area contributed by atoms with E-state index in [2.05, 4.69) is 20.2 Å². The molecule has 0 spiro atoms. The Morgan fingerprint density at radius 1 is 1.24 bits per heavy atom. The smallest absolute Gasteiger partial charge is 0.459 e. The summed E-state index contributed by atoms with van der Waals surface area (Å²) < 4.78 is 39.3. The van der Waals surface area contributed by atoms with Gasteiger partial charge in [-0.1, -0.05) is 44.9 Å². The van der Waals surface area contributed by atoms with Crippen LogP contribution in [-0.4, -0.2) is 81.6 Å². The summed E-state index contributed by atoms with van der Waals surface area (Å²) in [5, 5.41) is 29.4. The molecule has 6 atom stereocenters. The number of nitrogen functional groups attached to an aromatic ring is 1. The number of ether oxygens (including phenoxy) is 2. The van der Waals surface area contributed by atoms with Crippen LogP contribution in [0, 0.1) is 19.8 Å². The van der Waals surface area contributed by atoms with Crippen LogP contribution in [0.15, 0.2) is 41.7 Å². The number of aliphatic imine (C=N–C) groups is 1. The van der Waals surface area contributed by atoms with Gasteiger partial charge in [0, 0.05) is 13.3 Å². The van der Waals surface area contributed by atoms with Crippen molar-refractivity contribution < 1.29 is 38.1 Å². The second kappa shape index (κ2) is 14.4. The predicted octanol–water partition coefficient (Wildman–Crippen LogP) is 3.11. The molecule has 2 aromatic heterocycles. The number of nitrogens with one attached hydrogen (secondary N) is 1. The van der Waals surface area contributed by atoms with E-state index >= 15 is 0 Å². The number of aliphatic hydroxyl groups is 2. The molecule has 246 valence electrons. The normalized spacial score (nSPS) is 23.9. The minimum Gasteiger partial charge on any atom is -0.464 e. The van der Waals surface area contributed by atoms with Crippen LogP contribution in [0.25, 0.3) is 5.52 Å². The molecular weight excluding hydrogens is 603 g/mol. The van der Waals surface area contributed by atoms with Gasteiger partial charge in [0.05, 0.1) is 18.9 Å². The Bertz CT molecular complexity index is 1540. The number of carbonyl (C=O) groups is 1. The summed E-state index contributed by atoms with van der Waals surface area (Å²) >= 11 is 0. The van der Waals surface area contributed by atoms with Crippen LogP contribution in [0.1, 0.15) is 50.4 Å². The molecule has 0 aliphatic carbocycles. The molecule has 0 saturated carbocycles. The Hall–Kier alpha value is -3.39. The van der Waals surface area contributed by atoms with Gasteiger partial charge < -0.3 is 29.9 Å². The zero-order valence-electron chi connectivity index (χ0n) is 26.4. The fraction of sp³-hybridized carbons (Fsp3) is 0.533. The molecule has 15 heteroatoms. The lowest BCUT2D eigenvalue weighted by Gasteiger charge is -2.28. The number of nitrogens with zero attached hydrogens (tertiary/aromatic N) is 4. The number of esters is 1. The van der Waals surface area contributed by atoms with Gasteiger partial charge in [0.1, 0.15) is 41.9 Å². The third-order valence-corrected chi connectivity index (χ3v) is 9.66. The summed E-state index contributed by atoms with van der Waals surface area (Å²) in [6.07, 6.45) is 0.0498. The summed E-state index contributed by atoms with van der Waals surface area (Å²) in [7, 11) is -2.83. The number of nitrogens with two attached hydrogens (primary N) is 1. The second-order valence-corrected chi connectivity index (χ2v) is 12.9. The second-order valence-electron chi connectivity index (χ2n) is 11.2. The molecule has 1 fully saturated rings. The number of aromatic nitrogens is 3. The zero-order chi connectivity index (χ0) is 32.9. The summed E-state index contributed by atoms with van der Waals surface area (Å²) in [5.41, 5.74) is 6.50. The standard InChI is InChI=1S/C30H43N6O8P/c1-7-21(8-2)14-41-29(39)20(5)35-45(40,44-26-18(3)10-9-11-19(26)4)42-15-23-25(37)27(38)30(43-23,16-32-6)24-13-12-22-28(31)33-17-34-36(22)24/h9-13,16-17,20-21,23,25,27,37-38H,7-8,14-15H2,1-6H3,(H,35,40)(H2,31,33,34)/t20-,23+,25+,27+,30-,45?/m0/s1. The Morgan fingerprint density at radius 2 is 1.93 bits per heavy atom. The first-order chi connectivity index (χ1) is 21.4. The monoisotopic (exact) mass is 646 g/mol. The van der Waals surface area contributed by atoms with Crippen LogP contribution < -0.4 is 15.3 Å². The number of aliphatic hydroxyl groups excluding tert-OH is 2. The van der Waals surface area contributed by atoms with E-state index < -0.39 is 50.3 Å². The highest BCUT2D eigenvalue weighted by atomic mass is 31.2. The Balaban J connectivity index is 1.60. The Morgan fingerprint density at radius 3 is 2.58 bits per heavy atom. The minimum absolute atomic E-state index is 0.204. The van der Waals surface area contributed by atoms with Crippen molar-refractivity contribution in [3.8, 4) is 5.75 Å². The first kappa shape index (κ1) is 34.5. The van der Waals surface area contributed by atoms with E-state index in [0.717, 1.165) is 12.8 Å². The molecule has 3 aromatic rings. The molecule has 14 nitrogen and oxygen atoms in total. The van der Waals surface area contributed by atoms with Gasteiger partial charge in [-0.15, -0.1) is 0 Å². The van der Waals surface area contributed by atoms with E-state index in [0.29, 0.717) is 28.1 Å². The van der Waals surface area contributed by atoms with E-state index in [4.69, 9.17) is 24.3 Å². The van der Waals surface area contributed by atoms with Crippen molar-refractivity contribution in [2.75, 3.05) is 26.0 Å². The highest BCUT2D eigenvalue weighted by molar-refractivity contribution is 7.52. The minimum atomic E-state index is -4.33. The molecule has 0 radical (unpaired) electrons. The lowest BCUT2D eigenvalue weighted by Crippen LogP contribution is -2.43. The van der Waals surface area contributed by atoms with E-state index in [1.54, 1.807) is 38.1 Å². The number of aryl methyl sites for hydroxylation is 2. The topological polar surface area (TPSA) is 192 Å². The van der Waals surface area contributed by atoms with Crippen molar-refractivity contribution >= 4 is 31.3 Å². The van der Waals surface area contributed by atoms with Crippen molar-refractivity contribution in [3.05, 3.63) is 53.5 Å². The number of hydrogen-bond donors (Lipinski definition) is 4. The summed E-state index contributed by atoms with van der Waals surface area (Å²) in [6.45, 7) is 8.84. The molecule has 0 bridgehead atoms. The first-order valence-corrected chi connectivity index (χ1v) is 16.4. The maximum atomic E-state index is 14.3. The predicted molar refractivity (Wildman–Crippen MR) is 168 cm³/mol. The SMILES string of the molecule is CCC(CC)COC(=O)[C@H](C)NP(=O)(OC[C@H]1O[C@@](C=NC)(c2ccc3c(N)ncnn23)[C@H](O)[C@@H]1O)Oc1c(C)cccc1C. The van der Waals surface area contributed by atoms with Gasteiger partial charge in [-0.05, 0) is 49.9 Å². The molecule has 0 amide bonds. The summed E-state index contributed by atoms with van der Waals surface area (Å²) in [4.78, 5) is 20.9. The molecule has 1 aromatic carbocycles. The van der Waals surface area contributed by atoms with Crippen LogP contribution in [0.2, 0.25) is 0 Å². The van der Waals surface area contributed by atoms with Crippen LogP contribution in [-0.2, 0) is 29.0 Å². The fourth-order valence-corrected chi connectivity index (χ4v) is 6.90. The quantitative estimate of drug-likeness (QED) is 0.114. The van der Waals surface area contributed by atoms with E-state index in [-0.39, 0.29) is 18.3 Å². The van der Waals surface area contributed by atoms with Crippen molar-refractivity contribution in [1.82, 2.24) is 19.7 Å². The van der Waals surface area contributed by atoms with E-state index in [1.165, 1.54) is 31.0 Å². The first-order valence-electron chi connectivity index (χ1n) is 14.9.